The lowest BCUT2D eigenvalue weighted by molar-refractivity contribution is -0.313. The van der Waals surface area contributed by atoms with Crippen molar-refractivity contribution in [2.75, 3.05) is 5.32 Å². The van der Waals surface area contributed by atoms with Gasteiger partial charge >= 0.3 is 0 Å². The highest BCUT2D eigenvalue weighted by molar-refractivity contribution is 7.16. The van der Waals surface area contributed by atoms with Gasteiger partial charge < -0.3 is 15.2 Å². The molecule has 2 bridgehead atoms. The molecule has 1 heterocycles. The first-order valence-corrected chi connectivity index (χ1v) is 10.9. The van der Waals surface area contributed by atoms with Crippen LogP contribution in [0.4, 0.5) is 5.13 Å². The first kappa shape index (κ1) is 19.8. The lowest BCUT2D eigenvalue weighted by atomic mass is 9.82. The van der Waals surface area contributed by atoms with Crippen LogP contribution in [0.1, 0.15) is 30.7 Å². The number of allylic oxidation sites excluding steroid dienone is 2. The molecule has 0 radical (unpaired) electrons. The molecule has 2 aromatic rings. The monoisotopic (exact) mass is 409 g/mol. The number of amides is 1. The first-order chi connectivity index (χ1) is 13.8. The highest BCUT2D eigenvalue weighted by Crippen LogP contribution is 2.48. The summed E-state index contributed by atoms with van der Waals surface area (Å²) in [5, 5.41) is 14.9. The minimum absolute atomic E-state index is 0.0306. The zero-order valence-electron chi connectivity index (χ0n) is 16.8. The van der Waals surface area contributed by atoms with Crippen LogP contribution >= 0.6 is 11.3 Å². The van der Waals surface area contributed by atoms with Gasteiger partial charge in [-0.2, -0.15) is 0 Å². The molecule has 4 rings (SSSR count). The summed E-state index contributed by atoms with van der Waals surface area (Å²) in [4.78, 5) is 30.0. The third kappa shape index (κ3) is 3.86. The fourth-order valence-corrected chi connectivity index (χ4v) is 5.52. The summed E-state index contributed by atoms with van der Waals surface area (Å²) in [6.07, 6.45) is 5.62. The summed E-state index contributed by atoms with van der Waals surface area (Å²) in [5.41, 5.74) is 3.16. The number of hydrogen-bond donors (Lipinski definition) is 1. The smallest absolute Gasteiger partial charge is 0.230 e. The zero-order valence-corrected chi connectivity index (χ0v) is 17.7. The highest BCUT2D eigenvalue weighted by atomic mass is 32.1. The zero-order chi connectivity index (χ0) is 20.7. The SMILES string of the molecule is Cc1sc(NC(=O)[C@@H]2[C@@H](C(=O)[O-])[C@H]3C=C[C@H]2C3)nc1-c1ccc(CC(C)C)cc1. The summed E-state index contributed by atoms with van der Waals surface area (Å²) < 4.78 is 0. The van der Waals surface area contributed by atoms with Crippen molar-refractivity contribution < 1.29 is 14.7 Å². The topological polar surface area (TPSA) is 82.1 Å². The highest BCUT2D eigenvalue weighted by Gasteiger charge is 2.48. The molecule has 5 nitrogen and oxygen atoms in total. The van der Waals surface area contributed by atoms with E-state index in [1.807, 2.05) is 19.1 Å². The minimum atomic E-state index is -1.14. The molecule has 1 amide bonds. The van der Waals surface area contributed by atoms with Gasteiger partial charge in [0.05, 0.1) is 11.6 Å². The lowest BCUT2D eigenvalue weighted by Crippen LogP contribution is -2.42. The van der Waals surface area contributed by atoms with Gasteiger partial charge in [0.15, 0.2) is 5.13 Å². The number of anilines is 1. The fourth-order valence-electron chi connectivity index (χ4n) is 4.68. The van der Waals surface area contributed by atoms with Crippen LogP contribution in [0.15, 0.2) is 36.4 Å². The molecule has 0 aliphatic heterocycles. The predicted molar refractivity (Wildman–Crippen MR) is 112 cm³/mol. The Hall–Kier alpha value is -2.47. The van der Waals surface area contributed by atoms with Crippen LogP contribution in [-0.2, 0) is 16.0 Å². The third-order valence-electron chi connectivity index (χ3n) is 5.93. The van der Waals surface area contributed by atoms with Crippen LogP contribution in [0.2, 0.25) is 0 Å². The number of nitrogens with one attached hydrogen (secondary N) is 1. The second kappa shape index (κ2) is 7.75. The number of thiazole rings is 1. The number of rotatable bonds is 6. The Morgan fingerprint density at radius 2 is 1.83 bits per heavy atom. The average Bonchev–Trinajstić information content (AvgIpc) is 3.36. The summed E-state index contributed by atoms with van der Waals surface area (Å²) >= 11 is 1.42. The van der Waals surface area contributed by atoms with E-state index in [1.165, 1.54) is 16.9 Å². The second-order valence-electron chi connectivity index (χ2n) is 8.53. The number of benzene rings is 1. The van der Waals surface area contributed by atoms with Crippen molar-refractivity contribution in [1.29, 1.82) is 0 Å². The summed E-state index contributed by atoms with van der Waals surface area (Å²) in [6.45, 7) is 6.38. The number of hydrogen-bond acceptors (Lipinski definition) is 5. The van der Waals surface area contributed by atoms with E-state index in [-0.39, 0.29) is 17.7 Å². The average molecular weight is 410 g/mol. The Kier molecular flexibility index (Phi) is 5.30. The molecule has 0 saturated heterocycles. The number of aromatic nitrogens is 1. The minimum Gasteiger partial charge on any atom is -0.550 e. The number of carbonyl (C=O) groups excluding carboxylic acids is 2. The van der Waals surface area contributed by atoms with Crippen molar-refractivity contribution in [3.8, 4) is 11.3 Å². The molecule has 152 valence electrons. The molecule has 0 unspecified atom stereocenters. The van der Waals surface area contributed by atoms with Crippen molar-refractivity contribution in [2.24, 2.45) is 29.6 Å². The van der Waals surface area contributed by atoms with Crippen molar-refractivity contribution in [1.82, 2.24) is 4.98 Å². The van der Waals surface area contributed by atoms with Crippen LogP contribution in [0.25, 0.3) is 11.3 Å². The molecular formula is C23H25N2O3S-. The van der Waals surface area contributed by atoms with E-state index in [9.17, 15) is 14.7 Å². The van der Waals surface area contributed by atoms with Crippen LogP contribution in [0.5, 0.6) is 0 Å². The van der Waals surface area contributed by atoms with Gasteiger partial charge in [0.1, 0.15) is 0 Å². The molecule has 2 aliphatic rings. The molecule has 1 aromatic carbocycles. The Morgan fingerprint density at radius 3 is 2.45 bits per heavy atom. The molecule has 2 aliphatic carbocycles. The molecule has 6 heteroatoms. The molecule has 29 heavy (non-hydrogen) atoms. The normalized spacial score (nSPS) is 25.0. The molecule has 4 atom stereocenters. The van der Waals surface area contributed by atoms with Crippen LogP contribution in [-0.4, -0.2) is 16.9 Å². The molecule has 1 N–H and O–H groups in total. The quantitative estimate of drug-likeness (QED) is 0.741. The Bertz CT molecular complexity index is 961. The number of aliphatic carboxylic acids is 1. The van der Waals surface area contributed by atoms with E-state index in [4.69, 9.17) is 0 Å². The number of nitrogens with zero attached hydrogens (tertiary/aromatic N) is 1. The van der Waals surface area contributed by atoms with E-state index in [0.717, 1.165) is 22.6 Å². The number of carboxylic acids is 1. The predicted octanol–water partition coefficient (Wildman–Crippen LogP) is 3.44. The maximum absolute atomic E-state index is 12.9. The fraction of sp³-hybridized carbons (Fsp3) is 0.435. The second-order valence-corrected chi connectivity index (χ2v) is 9.73. The largest absolute Gasteiger partial charge is 0.550 e. The number of carboxylic acid groups (broad SMARTS) is 1. The Balaban J connectivity index is 1.50. The summed E-state index contributed by atoms with van der Waals surface area (Å²) in [5.74, 6) is -2.27. The van der Waals surface area contributed by atoms with Crippen molar-refractivity contribution >= 4 is 28.3 Å². The summed E-state index contributed by atoms with van der Waals surface area (Å²) in [6, 6.07) is 8.38. The number of fused-ring (bicyclic) bond motifs is 2. The third-order valence-corrected chi connectivity index (χ3v) is 6.82. The van der Waals surface area contributed by atoms with E-state index in [2.05, 4.69) is 48.4 Å². The van der Waals surface area contributed by atoms with Gasteiger partial charge in [0.25, 0.3) is 0 Å². The Labute approximate surface area is 174 Å². The molecule has 1 aromatic heterocycles. The maximum Gasteiger partial charge on any atom is 0.230 e. The molecule has 0 spiro atoms. The van der Waals surface area contributed by atoms with Crippen LogP contribution in [0.3, 0.4) is 0 Å². The van der Waals surface area contributed by atoms with Crippen LogP contribution < -0.4 is 10.4 Å². The van der Waals surface area contributed by atoms with E-state index >= 15 is 0 Å². The first-order valence-electron chi connectivity index (χ1n) is 10.1. The van der Waals surface area contributed by atoms with Gasteiger partial charge in [-0.3, -0.25) is 4.79 Å². The Morgan fingerprint density at radius 1 is 1.17 bits per heavy atom. The van der Waals surface area contributed by atoms with Crippen LogP contribution in [0, 0.1) is 36.5 Å². The number of carbonyl (C=O) groups is 2. The van der Waals surface area contributed by atoms with Gasteiger partial charge in [-0.05, 0) is 43.1 Å². The van der Waals surface area contributed by atoms with Gasteiger partial charge in [0, 0.05) is 22.3 Å². The van der Waals surface area contributed by atoms with E-state index < -0.39 is 17.8 Å². The van der Waals surface area contributed by atoms with Gasteiger partial charge in [-0.1, -0.05) is 50.3 Å². The van der Waals surface area contributed by atoms with Gasteiger partial charge in [0.2, 0.25) is 5.91 Å². The molecule has 1 saturated carbocycles. The van der Waals surface area contributed by atoms with Crippen molar-refractivity contribution in [2.45, 2.75) is 33.6 Å². The summed E-state index contributed by atoms with van der Waals surface area (Å²) in [7, 11) is 0. The van der Waals surface area contributed by atoms with E-state index in [1.54, 1.807) is 0 Å². The lowest BCUT2D eigenvalue weighted by Gasteiger charge is -2.27. The maximum atomic E-state index is 12.9. The number of aryl methyl sites for hydroxylation is 1. The molecule has 1 fully saturated rings. The van der Waals surface area contributed by atoms with Crippen molar-refractivity contribution in [3.63, 3.8) is 0 Å². The van der Waals surface area contributed by atoms with Gasteiger partial charge in [-0.15, -0.1) is 11.3 Å². The van der Waals surface area contributed by atoms with E-state index in [0.29, 0.717) is 17.5 Å². The molecular weight excluding hydrogens is 384 g/mol. The standard InChI is InChI=1S/C23H26N2O3S/c1-12(2)10-14-4-6-15(7-5-14)20-13(3)29-23(24-20)25-21(26)18-16-8-9-17(11-16)19(18)22(27)28/h4-9,12,16-19H,10-11H2,1-3H3,(H,27,28)(H,24,25,26)/p-1/t16-,17-,18-,19-/m0/s1. The van der Waals surface area contributed by atoms with Gasteiger partial charge in [-0.25, -0.2) is 4.98 Å². The van der Waals surface area contributed by atoms with Crippen molar-refractivity contribution in [3.05, 3.63) is 46.9 Å².